The van der Waals surface area contributed by atoms with Gasteiger partial charge < -0.3 is 19.8 Å². The molecule has 386 valence electrons. The van der Waals surface area contributed by atoms with Crippen LogP contribution in [0.25, 0.3) is 0 Å². The van der Waals surface area contributed by atoms with Crippen molar-refractivity contribution in [3.63, 3.8) is 0 Å². The van der Waals surface area contributed by atoms with Gasteiger partial charge in [-0.05, 0) is 77.0 Å². The fourth-order valence-electron chi connectivity index (χ4n) is 7.32. The Bertz CT molecular complexity index is 1410. The van der Waals surface area contributed by atoms with Crippen LogP contribution in [0.3, 0.4) is 0 Å². The quantitative estimate of drug-likeness (QED) is 0.0243. The minimum atomic E-state index is -4.34. The molecule has 0 aromatic carbocycles. The van der Waals surface area contributed by atoms with Crippen molar-refractivity contribution in [2.45, 2.75) is 225 Å². The molecule has 0 aliphatic heterocycles. The first-order valence-electron chi connectivity index (χ1n) is 27.1. The molecule has 0 aliphatic carbocycles. The standard InChI is InChI=1S/C58H103N2O6P/c1-6-8-10-12-14-16-17-18-19-20-21-22-23-24-25-26-27-28-29-30-31-32-33-34-35-36-37-38-39-40-41-42-43-44-46-48-50-52-58(62)59-56(55-66-67(63,64)65-54-53-60(3,4)5)57(61)51-49-47-45-15-13-11-9-7-2/h8,10,14,16,18-19,21-22,24-25,27-28,30-31,49,51,56-57,61H,6-7,9,11-13,15,17,20,23,26,29,32-48,50,52-55H2,1-5H3,(H-,59,62,63,64)/p+1/b10-8-,16-14-,19-18-,22-21-,25-24-,28-27-,31-30-,51-49+. The molecule has 0 saturated heterocycles. The average Bonchev–Trinajstić information content (AvgIpc) is 3.29. The van der Waals surface area contributed by atoms with Crippen molar-refractivity contribution in [2.24, 2.45) is 0 Å². The summed E-state index contributed by atoms with van der Waals surface area (Å²) in [5.74, 6) is -0.184. The summed E-state index contributed by atoms with van der Waals surface area (Å²) >= 11 is 0. The Balaban J connectivity index is 3.94. The lowest BCUT2D eigenvalue weighted by molar-refractivity contribution is -0.870. The van der Waals surface area contributed by atoms with Gasteiger partial charge in [0, 0.05) is 6.42 Å². The van der Waals surface area contributed by atoms with Crippen molar-refractivity contribution in [2.75, 3.05) is 40.9 Å². The highest BCUT2D eigenvalue weighted by atomic mass is 31.2. The van der Waals surface area contributed by atoms with Gasteiger partial charge in [-0.2, -0.15) is 0 Å². The normalized spacial score (nSPS) is 14.8. The maximum absolute atomic E-state index is 12.9. The van der Waals surface area contributed by atoms with Crippen molar-refractivity contribution in [1.29, 1.82) is 0 Å². The molecule has 0 saturated carbocycles. The SMILES string of the molecule is CC/C=C\C/C=C\C/C=C\C/C=C\C/C=C\C/C=C\C/C=C\CCCCCCCCCCCCCCCCCC(=O)NC(COP(=O)(O)OCC[N+](C)(C)C)C(O)/C=C/CCCCCCCC. The lowest BCUT2D eigenvalue weighted by Crippen LogP contribution is -2.45. The molecule has 0 radical (unpaired) electrons. The van der Waals surface area contributed by atoms with Crippen molar-refractivity contribution in [3.05, 3.63) is 97.2 Å². The summed E-state index contributed by atoms with van der Waals surface area (Å²) in [5, 5.41) is 13.8. The van der Waals surface area contributed by atoms with E-state index in [0.717, 1.165) is 83.5 Å². The Morgan fingerprint density at radius 3 is 1.31 bits per heavy atom. The Morgan fingerprint density at radius 2 is 0.896 bits per heavy atom. The molecule has 0 spiro atoms. The molecule has 3 N–H and O–H groups in total. The molecule has 0 heterocycles. The third kappa shape index (κ3) is 51.1. The van der Waals surface area contributed by atoms with Gasteiger partial charge in [0.1, 0.15) is 13.2 Å². The van der Waals surface area contributed by atoms with Crippen LogP contribution in [0, 0.1) is 0 Å². The predicted molar refractivity (Wildman–Crippen MR) is 290 cm³/mol. The Labute approximate surface area is 413 Å². The highest BCUT2D eigenvalue weighted by Gasteiger charge is 2.27. The van der Waals surface area contributed by atoms with Crippen LogP contribution in [0.5, 0.6) is 0 Å². The van der Waals surface area contributed by atoms with Crippen LogP contribution in [0.1, 0.15) is 213 Å². The fourth-order valence-corrected chi connectivity index (χ4v) is 8.05. The van der Waals surface area contributed by atoms with E-state index in [4.69, 9.17) is 9.05 Å². The largest absolute Gasteiger partial charge is 0.472 e. The summed E-state index contributed by atoms with van der Waals surface area (Å²) in [6.45, 7) is 4.64. The summed E-state index contributed by atoms with van der Waals surface area (Å²) in [4.78, 5) is 23.1. The van der Waals surface area contributed by atoms with E-state index >= 15 is 0 Å². The van der Waals surface area contributed by atoms with Gasteiger partial charge in [0.05, 0.1) is 39.9 Å². The molecule has 0 aromatic rings. The second kappa shape index (κ2) is 48.4. The number of aliphatic hydroxyl groups excluding tert-OH is 1. The summed E-state index contributed by atoms with van der Waals surface area (Å²) in [5.41, 5.74) is 0. The highest BCUT2D eigenvalue weighted by molar-refractivity contribution is 7.47. The molecule has 67 heavy (non-hydrogen) atoms. The summed E-state index contributed by atoms with van der Waals surface area (Å²) in [6.07, 6.45) is 69.6. The second-order valence-electron chi connectivity index (χ2n) is 19.2. The van der Waals surface area contributed by atoms with E-state index in [1.165, 1.54) is 109 Å². The first kappa shape index (κ1) is 64.4. The topological polar surface area (TPSA) is 105 Å². The number of carbonyl (C=O) groups excluding carboxylic acids is 1. The number of amides is 1. The van der Waals surface area contributed by atoms with E-state index < -0.39 is 20.0 Å². The third-order valence-electron chi connectivity index (χ3n) is 11.6. The minimum Gasteiger partial charge on any atom is -0.387 e. The maximum atomic E-state index is 12.9. The average molecular weight is 956 g/mol. The Kier molecular flexibility index (Phi) is 46.6. The van der Waals surface area contributed by atoms with Crippen molar-refractivity contribution in [3.8, 4) is 0 Å². The zero-order valence-corrected chi connectivity index (χ0v) is 44.8. The number of quaternary nitrogens is 1. The number of aliphatic hydroxyl groups is 1. The number of likely N-dealkylation sites (N-methyl/N-ethyl adjacent to an activating group) is 1. The first-order valence-corrected chi connectivity index (χ1v) is 28.6. The third-order valence-corrected chi connectivity index (χ3v) is 12.5. The summed E-state index contributed by atoms with van der Waals surface area (Å²) in [6, 6.07) is -0.848. The molecule has 3 atom stereocenters. The van der Waals surface area contributed by atoms with Crippen LogP contribution in [-0.2, 0) is 18.4 Å². The van der Waals surface area contributed by atoms with E-state index in [9.17, 15) is 19.4 Å². The summed E-state index contributed by atoms with van der Waals surface area (Å²) < 4.78 is 23.5. The number of allylic oxidation sites excluding steroid dienone is 15. The van der Waals surface area contributed by atoms with Crippen LogP contribution in [-0.4, -0.2) is 73.4 Å². The number of nitrogens with one attached hydrogen (secondary N) is 1. The van der Waals surface area contributed by atoms with Gasteiger partial charge in [-0.25, -0.2) is 4.57 Å². The van der Waals surface area contributed by atoms with E-state index in [2.05, 4.69) is 104 Å². The molecule has 0 aromatic heterocycles. The number of nitrogens with zero attached hydrogens (tertiary/aromatic N) is 1. The van der Waals surface area contributed by atoms with Gasteiger partial charge in [-0.15, -0.1) is 0 Å². The molecule has 8 nitrogen and oxygen atoms in total. The van der Waals surface area contributed by atoms with E-state index in [-0.39, 0.29) is 19.1 Å². The van der Waals surface area contributed by atoms with Crippen LogP contribution in [0.2, 0.25) is 0 Å². The molecule has 0 rings (SSSR count). The van der Waals surface area contributed by atoms with E-state index in [1.54, 1.807) is 6.08 Å². The zero-order valence-electron chi connectivity index (χ0n) is 43.9. The lowest BCUT2D eigenvalue weighted by atomic mass is 10.0. The van der Waals surface area contributed by atoms with Gasteiger partial charge in [-0.1, -0.05) is 227 Å². The number of carbonyl (C=O) groups is 1. The second-order valence-corrected chi connectivity index (χ2v) is 20.7. The zero-order chi connectivity index (χ0) is 49.2. The first-order chi connectivity index (χ1) is 32.5. The lowest BCUT2D eigenvalue weighted by Gasteiger charge is -2.25. The number of unbranched alkanes of at least 4 members (excludes halogenated alkanes) is 21. The monoisotopic (exact) mass is 956 g/mol. The molecule has 1 amide bonds. The highest BCUT2D eigenvalue weighted by Crippen LogP contribution is 2.43. The Hall–Kier alpha value is -2.58. The van der Waals surface area contributed by atoms with Crippen LogP contribution in [0.15, 0.2) is 97.2 Å². The molecular formula is C58H104N2O6P+. The number of phosphoric acid groups is 1. The van der Waals surface area contributed by atoms with Crippen molar-refractivity contribution in [1.82, 2.24) is 5.32 Å². The molecule has 0 aliphatic rings. The van der Waals surface area contributed by atoms with E-state index in [1.807, 2.05) is 27.2 Å². The van der Waals surface area contributed by atoms with Crippen LogP contribution in [0.4, 0.5) is 0 Å². The number of hydrogen-bond donors (Lipinski definition) is 3. The van der Waals surface area contributed by atoms with Crippen LogP contribution < -0.4 is 5.32 Å². The number of hydrogen-bond acceptors (Lipinski definition) is 5. The molecule has 9 heteroatoms. The van der Waals surface area contributed by atoms with Gasteiger partial charge in [-0.3, -0.25) is 13.8 Å². The molecular weight excluding hydrogens is 852 g/mol. The van der Waals surface area contributed by atoms with Gasteiger partial charge >= 0.3 is 7.82 Å². The molecule has 0 bridgehead atoms. The summed E-state index contributed by atoms with van der Waals surface area (Å²) in [7, 11) is 1.56. The number of rotatable bonds is 48. The Morgan fingerprint density at radius 1 is 0.522 bits per heavy atom. The van der Waals surface area contributed by atoms with Crippen LogP contribution >= 0.6 is 7.82 Å². The van der Waals surface area contributed by atoms with Crippen molar-refractivity contribution < 1.29 is 32.9 Å². The maximum Gasteiger partial charge on any atom is 0.472 e. The van der Waals surface area contributed by atoms with Gasteiger partial charge in [0.15, 0.2) is 0 Å². The molecule has 0 fully saturated rings. The van der Waals surface area contributed by atoms with Gasteiger partial charge in [0.25, 0.3) is 0 Å². The smallest absolute Gasteiger partial charge is 0.387 e. The molecule has 3 unspecified atom stereocenters. The predicted octanol–water partition coefficient (Wildman–Crippen LogP) is 16.3. The van der Waals surface area contributed by atoms with E-state index in [0.29, 0.717) is 17.4 Å². The number of phosphoric ester groups is 1. The minimum absolute atomic E-state index is 0.0582. The fraction of sp³-hybridized carbons (Fsp3) is 0.707. The van der Waals surface area contributed by atoms with Crippen molar-refractivity contribution >= 4 is 13.7 Å². The van der Waals surface area contributed by atoms with Gasteiger partial charge in [0.2, 0.25) is 5.91 Å².